The van der Waals surface area contributed by atoms with E-state index in [1.54, 1.807) is 6.92 Å². The first-order valence-corrected chi connectivity index (χ1v) is 7.49. The number of likely N-dealkylation sites (tertiary alicyclic amines) is 1. The van der Waals surface area contributed by atoms with Gasteiger partial charge in [0.25, 0.3) is 5.91 Å². The monoisotopic (exact) mass is 282 g/mol. The van der Waals surface area contributed by atoms with Crippen LogP contribution in [0, 0.1) is 6.92 Å². The van der Waals surface area contributed by atoms with Crippen LogP contribution in [0.1, 0.15) is 40.3 Å². The zero-order valence-electron chi connectivity index (χ0n) is 12.1. The maximum Gasteiger partial charge on any atom is 0.276 e. The van der Waals surface area contributed by atoms with Crippen LogP contribution in [-0.4, -0.2) is 27.9 Å². The Hall–Kier alpha value is -2.10. The first kappa shape index (κ1) is 12.6. The Labute approximate surface area is 123 Å². The number of nitrogens with zero attached hydrogens (tertiary/aromatic N) is 2. The van der Waals surface area contributed by atoms with Crippen molar-refractivity contribution in [1.82, 2.24) is 9.88 Å². The number of carbonyl (C=O) groups is 1. The van der Waals surface area contributed by atoms with Gasteiger partial charge in [0.2, 0.25) is 0 Å². The van der Waals surface area contributed by atoms with Crippen LogP contribution in [0.3, 0.4) is 0 Å². The lowest BCUT2D eigenvalue weighted by molar-refractivity contribution is 0.0604. The third kappa shape index (κ3) is 1.89. The second-order valence-corrected chi connectivity index (χ2v) is 6.16. The lowest BCUT2D eigenvalue weighted by Crippen LogP contribution is -2.48. The number of aryl methyl sites for hydroxylation is 1. The molecule has 0 atom stereocenters. The molecule has 1 amide bonds. The van der Waals surface area contributed by atoms with Crippen LogP contribution in [0.4, 0.5) is 0 Å². The minimum absolute atomic E-state index is 0.0113. The van der Waals surface area contributed by atoms with Crippen molar-refractivity contribution < 1.29 is 9.21 Å². The molecule has 0 radical (unpaired) electrons. The van der Waals surface area contributed by atoms with Crippen molar-refractivity contribution >= 4 is 5.91 Å². The minimum atomic E-state index is -0.0480. The minimum Gasteiger partial charge on any atom is -0.448 e. The molecule has 0 saturated carbocycles. The fourth-order valence-corrected chi connectivity index (χ4v) is 3.90. The molecule has 4 nitrogen and oxygen atoms in total. The lowest BCUT2D eigenvalue weighted by Gasteiger charge is -2.34. The van der Waals surface area contributed by atoms with Crippen molar-refractivity contribution in [2.75, 3.05) is 6.54 Å². The predicted octanol–water partition coefficient (Wildman–Crippen LogP) is 2.76. The van der Waals surface area contributed by atoms with Crippen LogP contribution < -0.4 is 0 Å². The van der Waals surface area contributed by atoms with E-state index in [9.17, 15) is 4.79 Å². The summed E-state index contributed by atoms with van der Waals surface area (Å²) in [5.41, 5.74) is 3.15. The molecular weight excluding hydrogens is 264 g/mol. The average Bonchev–Trinajstić information content (AvgIpc) is 3.17. The number of hydrogen-bond acceptors (Lipinski definition) is 3. The van der Waals surface area contributed by atoms with E-state index in [0.717, 1.165) is 32.2 Å². The molecule has 21 heavy (non-hydrogen) atoms. The van der Waals surface area contributed by atoms with Gasteiger partial charge in [-0.15, -0.1) is 0 Å². The zero-order valence-corrected chi connectivity index (χ0v) is 12.1. The normalized spacial score (nSPS) is 19.2. The molecule has 4 rings (SSSR count). The van der Waals surface area contributed by atoms with E-state index in [1.165, 1.54) is 17.4 Å². The van der Waals surface area contributed by atoms with E-state index in [1.807, 2.05) is 4.90 Å². The molecule has 1 spiro atoms. The summed E-state index contributed by atoms with van der Waals surface area (Å²) in [5, 5.41) is 0. The highest BCUT2D eigenvalue weighted by Gasteiger charge is 2.47. The summed E-state index contributed by atoms with van der Waals surface area (Å²) in [6, 6.07) is 8.54. The summed E-state index contributed by atoms with van der Waals surface area (Å²) in [5.74, 6) is 0.554. The van der Waals surface area contributed by atoms with Gasteiger partial charge in [-0.25, -0.2) is 4.98 Å². The third-order valence-corrected chi connectivity index (χ3v) is 4.84. The van der Waals surface area contributed by atoms with Crippen molar-refractivity contribution in [3.8, 4) is 0 Å². The topological polar surface area (TPSA) is 46.3 Å². The molecule has 1 aromatic heterocycles. The Bertz CT molecular complexity index is 679. The fraction of sp³-hybridized carbons (Fsp3) is 0.412. The van der Waals surface area contributed by atoms with Crippen LogP contribution in [-0.2, 0) is 12.8 Å². The molecule has 108 valence electrons. The Morgan fingerprint density at radius 3 is 2.62 bits per heavy atom. The van der Waals surface area contributed by atoms with Crippen molar-refractivity contribution in [3.05, 3.63) is 53.2 Å². The lowest BCUT2D eigenvalue weighted by atomic mass is 9.92. The van der Waals surface area contributed by atoms with E-state index in [0.29, 0.717) is 11.6 Å². The predicted molar refractivity (Wildman–Crippen MR) is 78.1 cm³/mol. The molecule has 1 aliphatic heterocycles. The number of aromatic nitrogens is 1. The number of oxazole rings is 1. The number of hydrogen-bond donors (Lipinski definition) is 0. The number of rotatable bonds is 1. The van der Waals surface area contributed by atoms with E-state index in [4.69, 9.17) is 4.42 Å². The third-order valence-electron chi connectivity index (χ3n) is 4.84. The largest absolute Gasteiger partial charge is 0.448 e. The quantitative estimate of drug-likeness (QED) is 0.808. The van der Waals surface area contributed by atoms with Crippen molar-refractivity contribution in [1.29, 1.82) is 0 Å². The molecule has 0 bridgehead atoms. The Balaban J connectivity index is 1.66. The zero-order chi connectivity index (χ0) is 14.4. The molecule has 0 unspecified atom stereocenters. The number of benzene rings is 1. The molecule has 1 saturated heterocycles. The highest BCUT2D eigenvalue weighted by atomic mass is 16.3. The highest BCUT2D eigenvalue weighted by Crippen LogP contribution is 2.42. The van der Waals surface area contributed by atoms with Crippen LogP contribution in [0.15, 0.2) is 34.9 Å². The Kier molecular flexibility index (Phi) is 2.67. The molecule has 1 aromatic carbocycles. The molecule has 0 N–H and O–H groups in total. The maximum atomic E-state index is 12.8. The first-order valence-electron chi connectivity index (χ1n) is 7.49. The van der Waals surface area contributed by atoms with E-state index < -0.39 is 0 Å². The fourth-order valence-electron chi connectivity index (χ4n) is 3.90. The summed E-state index contributed by atoms with van der Waals surface area (Å²) in [4.78, 5) is 19.0. The summed E-state index contributed by atoms with van der Waals surface area (Å²) in [6.45, 7) is 2.58. The highest BCUT2D eigenvalue weighted by molar-refractivity contribution is 5.93. The summed E-state index contributed by atoms with van der Waals surface area (Å²) in [7, 11) is 0. The van der Waals surface area contributed by atoms with Gasteiger partial charge in [-0.3, -0.25) is 4.79 Å². The Morgan fingerprint density at radius 1 is 1.29 bits per heavy atom. The van der Waals surface area contributed by atoms with E-state index in [-0.39, 0.29) is 11.4 Å². The van der Waals surface area contributed by atoms with Crippen molar-refractivity contribution in [2.24, 2.45) is 0 Å². The first-order chi connectivity index (χ1) is 10.2. The van der Waals surface area contributed by atoms with Crippen LogP contribution >= 0.6 is 0 Å². The van der Waals surface area contributed by atoms with Gasteiger partial charge in [0.1, 0.15) is 6.26 Å². The van der Waals surface area contributed by atoms with Crippen LogP contribution in [0.2, 0.25) is 0 Å². The molecule has 1 fully saturated rings. The number of carbonyl (C=O) groups excluding carboxylic acids is 1. The smallest absolute Gasteiger partial charge is 0.276 e. The standard InChI is InChI=1S/C17H18N2O2/c1-12-18-15(11-21-12)16(20)19-8-4-7-17(19)9-13-5-2-3-6-14(13)10-17/h2-3,5-6,11H,4,7-10H2,1H3. The second kappa shape index (κ2) is 4.45. The molecule has 1 aliphatic carbocycles. The molecule has 4 heteroatoms. The van der Waals surface area contributed by atoms with Crippen molar-refractivity contribution in [3.63, 3.8) is 0 Å². The van der Waals surface area contributed by atoms with Gasteiger partial charge in [0, 0.05) is 13.5 Å². The van der Waals surface area contributed by atoms with Gasteiger partial charge in [-0.05, 0) is 36.8 Å². The molecular formula is C17H18N2O2. The van der Waals surface area contributed by atoms with Crippen LogP contribution in [0.25, 0.3) is 0 Å². The van der Waals surface area contributed by atoms with Gasteiger partial charge in [0.05, 0.1) is 5.54 Å². The van der Waals surface area contributed by atoms with Crippen molar-refractivity contribution in [2.45, 2.75) is 38.1 Å². The van der Waals surface area contributed by atoms with Gasteiger partial charge < -0.3 is 9.32 Å². The van der Waals surface area contributed by atoms with Crippen LogP contribution in [0.5, 0.6) is 0 Å². The van der Waals surface area contributed by atoms with E-state index in [2.05, 4.69) is 29.2 Å². The SMILES string of the molecule is Cc1nc(C(=O)N2CCCC23Cc2ccccc2C3)co1. The number of amides is 1. The Morgan fingerprint density at radius 2 is 2.00 bits per heavy atom. The molecule has 2 aliphatic rings. The van der Waals surface area contributed by atoms with E-state index >= 15 is 0 Å². The average molecular weight is 282 g/mol. The van der Waals surface area contributed by atoms with Gasteiger partial charge in [-0.2, -0.15) is 0 Å². The maximum absolute atomic E-state index is 12.8. The molecule has 2 heterocycles. The van der Waals surface area contributed by atoms with Gasteiger partial charge in [0.15, 0.2) is 11.6 Å². The summed E-state index contributed by atoms with van der Waals surface area (Å²) in [6.07, 6.45) is 5.55. The molecule has 2 aromatic rings. The van der Waals surface area contributed by atoms with Gasteiger partial charge in [-0.1, -0.05) is 24.3 Å². The van der Waals surface area contributed by atoms with Gasteiger partial charge >= 0.3 is 0 Å². The summed E-state index contributed by atoms with van der Waals surface area (Å²) >= 11 is 0. The second-order valence-electron chi connectivity index (χ2n) is 6.16. The number of fused-ring (bicyclic) bond motifs is 1. The summed E-state index contributed by atoms with van der Waals surface area (Å²) < 4.78 is 5.20.